The summed E-state index contributed by atoms with van der Waals surface area (Å²) in [6, 6.07) is 5.26. The Bertz CT molecular complexity index is 1140. The van der Waals surface area contributed by atoms with Crippen molar-refractivity contribution in [1.29, 1.82) is 0 Å². The van der Waals surface area contributed by atoms with Crippen LogP contribution in [0.2, 0.25) is 0 Å². The highest BCUT2D eigenvalue weighted by Gasteiger charge is 2.35. The van der Waals surface area contributed by atoms with E-state index in [1.54, 1.807) is 17.5 Å². The van der Waals surface area contributed by atoms with E-state index < -0.39 is 40.3 Å². The van der Waals surface area contributed by atoms with Gasteiger partial charge in [0.1, 0.15) is 0 Å². The van der Waals surface area contributed by atoms with E-state index in [0.717, 1.165) is 22.3 Å². The summed E-state index contributed by atoms with van der Waals surface area (Å²) in [4.78, 5) is 36.9. The number of carbonyl (C=O) groups is 3. The highest BCUT2D eigenvalue weighted by Crippen LogP contribution is 2.31. The molecule has 1 aliphatic heterocycles. The number of carbonyl (C=O) groups excluding carboxylic acids is 3. The van der Waals surface area contributed by atoms with Gasteiger partial charge in [0.15, 0.2) is 6.61 Å². The smallest absolute Gasteiger partial charge is 0.309 e. The summed E-state index contributed by atoms with van der Waals surface area (Å²) in [5.74, 6) is -2.31. The van der Waals surface area contributed by atoms with Gasteiger partial charge in [0.2, 0.25) is 10.0 Å². The number of aryl methyl sites for hydroxylation is 2. The summed E-state index contributed by atoms with van der Waals surface area (Å²) in [7, 11) is -3.70. The van der Waals surface area contributed by atoms with Crippen molar-refractivity contribution in [2.75, 3.05) is 19.7 Å². The molecule has 178 valence electrons. The fourth-order valence-corrected chi connectivity index (χ4v) is 6.58. The Morgan fingerprint density at radius 2 is 1.70 bits per heavy atom. The number of hydrogen-bond donors (Lipinski definition) is 1. The van der Waals surface area contributed by atoms with Crippen molar-refractivity contribution in [3.05, 3.63) is 50.7 Å². The number of nitrogens with zero attached hydrogens (tertiary/aromatic N) is 1. The van der Waals surface area contributed by atoms with E-state index in [1.807, 2.05) is 33.8 Å². The molecule has 2 amide bonds. The Morgan fingerprint density at radius 3 is 2.24 bits per heavy atom. The summed E-state index contributed by atoms with van der Waals surface area (Å²) in [5.41, 5.74) is 3.32. The Morgan fingerprint density at radius 1 is 1.09 bits per heavy atom. The molecule has 3 rings (SSSR count). The van der Waals surface area contributed by atoms with Crippen LogP contribution in [0.1, 0.15) is 44.8 Å². The number of piperidine rings is 1. The normalized spacial score (nSPS) is 15.3. The molecule has 1 aliphatic rings. The van der Waals surface area contributed by atoms with Gasteiger partial charge >= 0.3 is 5.97 Å². The maximum absolute atomic E-state index is 13.4. The van der Waals surface area contributed by atoms with Crippen LogP contribution in [0.4, 0.5) is 0 Å². The molecule has 1 N–H and O–H groups in total. The first-order chi connectivity index (χ1) is 15.5. The number of sulfonamides is 1. The summed E-state index contributed by atoms with van der Waals surface area (Å²) in [5, 5.41) is 3.89. The van der Waals surface area contributed by atoms with Crippen LogP contribution >= 0.6 is 11.3 Å². The van der Waals surface area contributed by atoms with Gasteiger partial charge in [-0.1, -0.05) is 12.1 Å². The average Bonchev–Trinajstić information content (AvgIpc) is 3.31. The van der Waals surface area contributed by atoms with E-state index in [-0.39, 0.29) is 13.1 Å². The van der Waals surface area contributed by atoms with Gasteiger partial charge in [0.25, 0.3) is 11.8 Å². The van der Waals surface area contributed by atoms with Gasteiger partial charge in [-0.05, 0) is 74.2 Å². The molecule has 1 aromatic heterocycles. The summed E-state index contributed by atoms with van der Waals surface area (Å²) < 4.78 is 33.2. The second-order valence-corrected chi connectivity index (χ2v) is 11.1. The van der Waals surface area contributed by atoms with Crippen LogP contribution in [-0.4, -0.2) is 50.2 Å². The average molecular weight is 493 g/mol. The number of nitrogens with one attached hydrogen (secondary N) is 1. The number of amides is 2. The second kappa shape index (κ2) is 10.1. The largest absolute Gasteiger partial charge is 0.455 e. The SMILES string of the molecule is Cc1cc(C)c(C)c(S(=O)(=O)N2CCC(C(=O)OCC(=O)NC(=O)c3cccs3)CC2)c1C. The van der Waals surface area contributed by atoms with Crippen molar-refractivity contribution < 1.29 is 27.5 Å². The first kappa shape index (κ1) is 25.1. The van der Waals surface area contributed by atoms with Gasteiger partial charge in [-0.2, -0.15) is 4.31 Å². The van der Waals surface area contributed by atoms with E-state index in [4.69, 9.17) is 4.74 Å². The zero-order chi connectivity index (χ0) is 24.3. The lowest BCUT2D eigenvalue weighted by molar-refractivity contribution is -0.153. The first-order valence-electron chi connectivity index (χ1n) is 10.6. The van der Waals surface area contributed by atoms with Gasteiger partial charge in [-0.3, -0.25) is 19.7 Å². The standard InChI is InChI=1S/C23H28N2O6S2/c1-14-12-15(2)17(4)21(16(14)3)33(29,30)25-9-7-18(8-10-25)23(28)31-13-20(26)24-22(27)19-6-5-11-32-19/h5-6,11-12,18H,7-10,13H2,1-4H3,(H,24,26,27). The van der Waals surface area contributed by atoms with E-state index >= 15 is 0 Å². The Kier molecular flexibility index (Phi) is 7.71. The van der Waals surface area contributed by atoms with Crippen molar-refractivity contribution in [1.82, 2.24) is 9.62 Å². The van der Waals surface area contributed by atoms with Crippen LogP contribution in [-0.2, 0) is 24.3 Å². The molecule has 1 fully saturated rings. The highest BCUT2D eigenvalue weighted by molar-refractivity contribution is 7.89. The van der Waals surface area contributed by atoms with Crippen LogP contribution < -0.4 is 5.32 Å². The zero-order valence-corrected chi connectivity index (χ0v) is 20.8. The number of benzene rings is 1. The van der Waals surface area contributed by atoms with E-state index in [2.05, 4.69) is 5.32 Å². The maximum Gasteiger partial charge on any atom is 0.309 e. The Labute approximate surface area is 198 Å². The van der Waals surface area contributed by atoms with Crippen molar-refractivity contribution in [3.63, 3.8) is 0 Å². The zero-order valence-electron chi connectivity index (χ0n) is 19.1. The number of thiophene rings is 1. The number of ether oxygens (including phenoxy) is 1. The molecule has 0 spiro atoms. The van der Waals surface area contributed by atoms with Gasteiger partial charge < -0.3 is 4.74 Å². The minimum Gasteiger partial charge on any atom is -0.455 e. The predicted molar refractivity (Wildman–Crippen MR) is 125 cm³/mol. The van der Waals surface area contributed by atoms with Crippen LogP contribution in [0.15, 0.2) is 28.5 Å². The number of imide groups is 1. The Balaban J connectivity index is 1.56. The van der Waals surface area contributed by atoms with Gasteiger partial charge in [0, 0.05) is 13.1 Å². The van der Waals surface area contributed by atoms with Gasteiger partial charge in [0.05, 0.1) is 15.7 Å². The van der Waals surface area contributed by atoms with Crippen molar-refractivity contribution in [2.24, 2.45) is 5.92 Å². The topological polar surface area (TPSA) is 110 Å². The first-order valence-corrected chi connectivity index (χ1v) is 13.0. The number of hydrogen-bond acceptors (Lipinski definition) is 7. The summed E-state index contributed by atoms with van der Waals surface area (Å²) >= 11 is 1.20. The monoisotopic (exact) mass is 492 g/mol. The molecule has 8 nitrogen and oxygen atoms in total. The molecular weight excluding hydrogens is 464 g/mol. The maximum atomic E-state index is 13.4. The molecule has 0 atom stereocenters. The minimum atomic E-state index is -3.70. The molecule has 1 saturated heterocycles. The minimum absolute atomic E-state index is 0.191. The molecule has 33 heavy (non-hydrogen) atoms. The van der Waals surface area contributed by atoms with Crippen molar-refractivity contribution in [3.8, 4) is 0 Å². The Hall–Kier alpha value is -2.56. The fraction of sp³-hybridized carbons (Fsp3) is 0.435. The highest BCUT2D eigenvalue weighted by atomic mass is 32.2. The lowest BCUT2D eigenvalue weighted by Crippen LogP contribution is -2.41. The van der Waals surface area contributed by atoms with Crippen LogP contribution in [0.5, 0.6) is 0 Å². The third-order valence-electron chi connectivity index (χ3n) is 6.03. The molecule has 10 heteroatoms. The van der Waals surface area contributed by atoms with Crippen molar-refractivity contribution >= 4 is 39.1 Å². The predicted octanol–water partition coefficient (Wildman–Crippen LogP) is 2.88. The lowest BCUT2D eigenvalue weighted by Gasteiger charge is -2.31. The quantitative estimate of drug-likeness (QED) is 0.621. The molecule has 0 saturated carbocycles. The summed E-state index contributed by atoms with van der Waals surface area (Å²) in [6.45, 7) is 7.24. The fourth-order valence-electron chi connectivity index (χ4n) is 3.92. The van der Waals surface area contributed by atoms with Crippen LogP contribution in [0.3, 0.4) is 0 Å². The second-order valence-electron chi connectivity index (χ2n) is 8.23. The molecular formula is C23H28N2O6S2. The van der Waals surface area contributed by atoms with E-state index in [9.17, 15) is 22.8 Å². The lowest BCUT2D eigenvalue weighted by atomic mass is 9.98. The third kappa shape index (κ3) is 5.51. The van der Waals surface area contributed by atoms with Crippen LogP contribution in [0, 0.1) is 33.6 Å². The van der Waals surface area contributed by atoms with E-state index in [0.29, 0.717) is 22.6 Å². The molecule has 1 aromatic carbocycles. The van der Waals surface area contributed by atoms with Crippen molar-refractivity contribution in [2.45, 2.75) is 45.4 Å². The molecule has 2 aromatic rings. The molecule has 0 radical (unpaired) electrons. The molecule has 0 bridgehead atoms. The number of rotatable bonds is 6. The third-order valence-corrected chi connectivity index (χ3v) is 9.07. The van der Waals surface area contributed by atoms with Crippen LogP contribution in [0.25, 0.3) is 0 Å². The molecule has 0 unspecified atom stereocenters. The molecule has 2 heterocycles. The van der Waals surface area contributed by atoms with Gasteiger partial charge in [-0.15, -0.1) is 11.3 Å². The van der Waals surface area contributed by atoms with Gasteiger partial charge in [-0.25, -0.2) is 8.42 Å². The van der Waals surface area contributed by atoms with E-state index in [1.165, 1.54) is 15.6 Å². The number of esters is 1. The summed E-state index contributed by atoms with van der Waals surface area (Å²) in [6.07, 6.45) is 0.605. The molecule has 0 aliphatic carbocycles.